The lowest BCUT2D eigenvalue weighted by atomic mass is 9.63. The summed E-state index contributed by atoms with van der Waals surface area (Å²) in [6, 6.07) is 5.62. The monoisotopic (exact) mass is 277 g/mol. The van der Waals surface area contributed by atoms with Crippen LogP contribution >= 0.6 is 0 Å². The van der Waals surface area contributed by atoms with Gasteiger partial charge in [-0.2, -0.15) is 0 Å². The topological polar surface area (TPSA) is 12.0 Å². The van der Waals surface area contributed by atoms with Crippen LogP contribution in [0.5, 0.6) is 0 Å². The van der Waals surface area contributed by atoms with Crippen molar-refractivity contribution in [3.8, 4) is 0 Å². The molecule has 0 atom stereocenters. The van der Waals surface area contributed by atoms with Crippen molar-refractivity contribution in [3.05, 3.63) is 35.1 Å². The van der Waals surface area contributed by atoms with E-state index in [2.05, 4.69) is 33.0 Å². The zero-order valence-corrected chi connectivity index (χ0v) is 13.5. The Balaban J connectivity index is 2.00. The van der Waals surface area contributed by atoms with Crippen molar-refractivity contribution in [2.24, 2.45) is 10.8 Å². The minimum absolute atomic E-state index is 0.147. The number of benzene rings is 1. The first kappa shape index (κ1) is 15.5. The summed E-state index contributed by atoms with van der Waals surface area (Å²) in [4.78, 5) is 0. The van der Waals surface area contributed by atoms with Crippen LogP contribution in [-0.2, 0) is 6.54 Å². The average Bonchev–Trinajstić information content (AvgIpc) is 2.23. The zero-order chi connectivity index (χ0) is 15.0. The van der Waals surface area contributed by atoms with E-state index in [1.807, 2.05) is 13.0 Å². The average molecular weight is 277 g/mol. The second kappa shape index (κ2) is 5.48. The summed E-state index contributed by atoms with van der Waals surface area (Å²) in [6.07, 6.45) is 3.72. The molecule has 0 heterocycles. The fourth-order valence-electron chi connectivity index (χ4n) is 4.10. The lowest BCUT2D eigenvalue weighted by Crippen LogP contribution is -2.43. The van der Waals surface area contributed by atoms with Gasteiger partial charge < -0.3 is 5.32 Å². The Labute approximate surface area is 123 Å². The van der Waals surface area contributed by atoms with Crippen molar-refractivity contribution >= 4 is 0 Å². The molecule has 0 aliphatic heterocycles. The third-order valence-electron chi connectivity index (χ3n) is 4.44. The molecule has 1 saturated carbocycles. The third kappa shape index (κ3) is 4.05. The van der Waals surface area contributed by atoms with Crippen LogP contribution in [0.1, 0.15) is 58.1 Å². The van der Waals surface area contributed by atoms with E-state index >= 15 is 0 Å². The van der Waals surface area contributed by atoms with Crippen LogP contribution in [-0.4, -0.2) is 6.04 Å². The van der Waals surface area contributed by atoms with Crippen LogP contribution in [0.2, 0.25) is 0 Å². The van der Waals surface area contributed by atoms with E-state index in [1.54, 1.807) is 12.1 Å². The largest absolute Gasteiger partial charge is 0.310 e. The Morgan fingerprint density at radius 2 is 1.75 bits per heavy atom. The number of hydrogen-bond acceptors (Lipinski definition) is 1. The molecule has 0 bridgehead atoms. The van der Waals surface area contributed by atoms with Crippen LogP contribution in [0.3, 0.4) is 0 Å². The van der Waals surface area contributed by atoms with Crippen molar-refractivity contribution in [3.63, 3.8) is 0 Å². The Morgan fingerprint density at radius 3 is 2.30 bits per heavy atom. The predicted molar refractivity (Wildman–Crippen MR) is 83.2 cm³/mol. The highest BCUT2D eigenvalue weighted by atomic mass is 19.1. The molecule has 0 aromatic heterocycles. The lowest BCUT2D eigenvalue weighted by Gasteiger charge is -2.45. The zero-order valence-electron chi connectivity index (χ0n) is 13.5. The first-order valence-electron chi connectivity index (χ1n) is 7.65. The summed E-state index contributed by atoms with van der Waals surface area (Å²) in [7, 11) is 0. The van der Waals surface area contributed by atoms with Gasteiger partial charge in [-0.1, -0.05) is 33.8 Å². The summed E-state index contributed by atoms with van der Waals surface area (Å²) in [5.74, 6) is -0.147. The fraction of sp³-hybridized carbons (Fsp3) is 0.667. The summed E-state index contributed by atoms with van der Waals surface area (Å²) in [5, 5.41) is 3.69. The van der Waals surface area contributed by atoms with E-state index in [0.717, 1.165) is 12.1 Å². The maximum Gasteiger partial charge on any atom is 0.123 e. The van der Waals surface area contributed by atoms with E-state index in [1.165, 1.54) is 24.8 Å². The fourth-order valence-corrected chi connectivity index (χ4v) is 4.10. The molecule has 0 spiro atoms. The number of aryl methyl sites for hydroxylation is 1. The first-order valence-corrected chi connectivity index (χ1v) is 7.65. The molecule has 1 N–H and O–H groups in total. The van der Waals surface area contributed by atoms with Gasteiger partial charge in [0.05, 0.1) is 0 Å². The maximum atomic E-state index is 13.1. The molecule has 1 aliphatic carbocycles. The lowest BCUT2D eigenvalue weighted by molar-refractivity contribution is 0.0845. The quantitative estimate of drug-likeness (QED) is 0.834. The molecule has 1 fully saturated rings. The van der Waals surface area contributed by atoms with Gasteiger partial charge in [-0.15, -0.1) is 0 Å². The summed E-state index contributed by atoms with van der Waals surface area (Å²) >= 11 is 0. The van der Waals surface area contributed by atoms with Gasteiger partial charge in [0.2, 0.25) is 0 Å². The molecule has 2 heteroatoms. The SMILES string of the molecule is Cc1cc(F)ccc1CNC1CC(C)(C)CC(C)(C)C1. The summed E-state index contributed by atoms with van der Waals surface area (Å²) in [6.45, 7) is 12.3. The van der Waals surface area contributed by atoms with Gasteiger partial charge in [0, 0.05) is 12.6 Å². The molecule has 1 aliphatic rings. The molecule has 0 radical (unpaired) electrons. The van der Waals surface area contributed by atoms with E-state index in [4.69, 9.17) is 0 Å². The number of halogens is 1. The highest BCUT2D eigenvalue weighted by Gasteiger charge is 2.38. The Kier molecular flexibility index (Phi) is 4.24. The van der Waals surface area contributed by atoms with E-state index < -0.39 is 0 Å². The Morgan fingerprint density at radius 1 is 1.15 bits per heavy atom. The second-order valence-electron chi connectivity index (χ2n) is 8.06. The Hall–Kier alpha value is -0.890. The van der Waals surface area contributed by atoms with Gasteiger partial charge in [-0.05, 0) is 60.3 Å². The number of rotatable bonds is 3. The van der Waals surface area contributed by atoms with Crippen molar-refractivity contribution in [2.45, 2.75) is 66.5 Å². The summed E-state index contributed by atoms with van der Waals surface area (Å²) < 4.78 is 13.1. The summed E-state index contributed by atoms with van der Waals surface area (Å²) in [5.41, 5.74) is 3.04. The third-order valence-corrected chi connectivity index (χ3v) is 4.44. The highest BCUT2D eigenvalue weighted by molar-refractivity contribution is 5.26. The van der Waals surface area contributed by atoms with E-state index in [9.17, 15) is 4.39 Å². The van der Waals surface area contributed by atoms with Gasteiger partial charge >= 0.3 is 0 Å². The smallest absolute Gasteiger partial charge is 0.123 e. The predicted octanol–water partition coefficient (Wildman–Crippen LogP) is 4.83. The molecule has 2 rings (SSSR count). The van der Waals surface area contributed by atoms with Gasteiger partial charge in [0.15, 0.2) is 0 Å². The Bertz CT molecular complexity index is 460. The van der Waals surface area contributed by atoms with Crippen molar-refractivity contribution < 1.29 is 4.39 Å². The molecule has 20 heavy (non-hydrogen) atoms. The maximum absolute atomic E-state index is 13.1. The molecule has 0 amide bonds. The minimum Gasteiger partial charge on any atom is -0.310 e. The van der Waals surface area contributed by atoms with Crippen LogP contribution in [0, 0.1) is 23.6 Å². The first-order chi connectivity index (χ1) is 9.17. The molecule has 1 nitrogen and oxygen atoms in total. The molecule has 1 aromatic rings. The second-order valence-corrected chi connectivity index (χ2v) is 8.06. The van der Waals surface area contributed by atoms with Crippen molar-refractivity contribution in [2.75, 3.05) is 0 Å². The van der Waals surface area contributed by atoms with Crippen LogP contribution < -0.4 is 5.32 Å². The van der Waals surface area contributed by atoms with Gasteiger partial charge in [-0.25, -0.2) is 4.39 Å². The van der Waals surface area contributed by atoms with Crippen LogP contribution in [0.25, 0.3) is 0 Å². The minimum atomic E-state index is -0.147. The van der Waals surface area contributed by atoms with Crippen LogP contribution in [0.15, 0.2) is 18.2 Å². The standard InChI is InChI=1S/C18H28FN/c1-13-8-15(19)7-6-14(13)11-20-16-9-17(2,3)12-18(4,5)10-16/h6-8,16,20H,9-12H2,1-5H3. The highest BCUT2D eigenvalue weighted by Crippen LogP contribution is 2.45. The van der Waals surface area contributed by atoms with Crippen molar-refractivity contribution in [1.82, 2.24) is 5.32 Å². The molecule has 0 saturated heterocycles. The van der Waals surface area contributed by atoms with Crippen LogP contribution in [0.4, 0.5) is 4.39 Å². The van der Waals surface area contributed by atoms with E-state index in [-0.39, 0.29) is 5.82 Å². The van der Waals surface area contributed by atoms with Gasteiger partial charge in [-0.3, -0.25) is 0 Å². The molecule has 0 unspecified atom stereocenters. The van der Waals surface area contributed by atoms with Gasteiger partial charge in [0.1, 0.15) is 5.82 Å². The van der Waals surface area contributed by atoms with E-state index in [0.29, 0.717) is 16.9 Å². The number of nitrogens with one attached hydrogen (secondary N) is 1. The molecule has 112 valence electrons. The molecular formula is C18H28FN. The molecular weight excluding hydrogens is 249 g/mol. The normalized spacial score (nSPS) is 21.9. The number of hydrogen-bond donors (Lipinski definition) is 1. The van der Waals surface area contributed by atoms with Gasteiger partial charge in [0.25, 0.3) is 0 Å². The molecule has 1 aromatic carbocycles. The van der Waals surface area contributed by atoms with Crippen molar-refractivity contribution in [1.29, 1.82) is 0 Å².